The van der Waals surface area contributed by atoms with Crippen LogP contribution in [0, 0.1) is 0 Å². The Hall–Kier alpha value is -0.790. The van der Waals surface area contributed by atoms with Crippen molar-refractivity contribution < 1.29 is 4.52 Å². The summed E-state index contributed by atoms with van der Waals surface area (Å²) in [6.07, 6.45) is 5.00. The molecule has 0 aromatic carbocycles. The van der Waals surface area contributed by atoms with Gasteiger partial charge >= 0.3 is 0 Å². The number of aliphatic imine (C=N–C) groups is 1. The molecule has 0 unspecified atom stereocenters. The first-order valence-corrected chi connectivity index (χ1v) is 7.17. The largest absolute Gasteiger partial charge is 0.370 e. The SMILES string of the molecule is CC(C)c1cc(CN=C(N)N2CCCCCC2)on1.I. The summed E-state index contributed by atoms with van der Waals surface area (Å²) in [6.45, 7) is 6.70. The lowest BCUT2D eigenvalue weighted by molar-refractivity contribution is 0.374. The van der Waals surface area contributed by atoms with Gasteiger partial charge in [-0.1, -0.05) is 31.8 Å². The van der Waals surface area contributed by atoms with Crippen molar-refractivity contribution in [1.29, 1.82) is 0 Å². The van der Waals surface area contributed by atoms with E-state index in [2.05, 4.69) is 28.9 Å². The summed E-state index contributed by atoms with van der Waals surface area (Å²) in [6, 6.07) is 1.96. The first-order chi connectivity index (χ1) is 9.16. The summed E-state index contributed by atoms with van der Waals surface area (Å²) in [5, 5.41) is 4.02. The van der Waals surface area contributed by atoms with Gasteiger partial charge in [-0.25, -0.2) is 4.99 Å². The van der Waals surface area contributed by atoms with Crippen molar-refractivity contribution in [3.8, 4) is 0 Å². The van der Waals surface area contributed by atoms with Gasteiger partial charge in [0.15, 0.2) is 11.7 Å². The molecule has 1 aromatic rings. The third-order valence-electron chi connectivity index (χ3n) is 3.50. The van der Waals surface area contributed by atoms with Gasteiger partial charge in [0.05, 0.1) is 5.69 Å². The monoisotopic (exact) mass is 392 g/mol. The quantitative estimate of drug-likeness (QED) is 0.488. The highest BCUT2D eigenvalue weighted by Crippen LogP contribution is 2.15. The van der Waals surface area contributed by atoms with Gasteiger partial charge in [0.1, 0.15) is 6.54 Å². The third-order valence-corrected chi connectivity index (χ3v) is 3.50. The van der Waals surface area contributed by atoms with Gasteiger partial charge < -0.3 is 15.2 Å². The summed E-state index contributed by atoms with van der Waals surface area (Å²) in [5.41, 5.74) is 7.02. The maximum absolute atomic E-state index is 6.05. The number of likely N-dealkylation sites (tertiary alicyclic amines) is 1. The zero-order valence-electron chi connectivity index (χ0n) is 12.3. The van der Waals surface area contributed by atoms with E-state index in [1.165, 1.54) is 25.7 Å². The molecule has 20 heavy (non-hydrogen) atoms. The molecule has 1 aliphatic heterocycles. The highest BCUT2D eigenvalue weighted by Gasteiger charge is 2.11. The van der Waals surface area contributed by atoms with Crippen LogP contribution in [0.15, 0.2) is 15.6 Å². The Morgan fingerprint density at radius 3 is 2.55 bits per heavy atom. The third kappa shape index (κ3) is 4.96. The van der Waals surface area contributed by atoms with Crippen LogP contribution in [0.4, 0.5) is 0 Å². The number of nitrogens with zero attached hydrogens (tertiary/aromatic N) is 3. The zero-order valence-corrected chi connectivity index (χ0v) is 14.7. The van der Waals surface area contributed by atoms with Crippen LogP contribution in [0.5, 0.6) is 0 Å². The van der Waals surface area contributed by atoms with E-state index in [9.17, 15) is 0 Å². The Morgan fingerprint density at radius 2 is 2.00 bits per heavy atom. The lowest BCUT2D eigenvalue weighted by atomic mass is 10.1. The van der Waals surface area contributed by atoms with Crippen molar-refractivity contribution in [2.45, 2.75) is 52.0 Å². The average molecular weight is 392 g/mol. The molecule has 0 atom stereocenters. The van der Waals surface area contributed by atoms with Gasteiger partial charge in [-0.15, -0.1) is 24.0 Å². The molecule has 0 saturated carbocycles. The highest BCUT2D eigenvalue weighted by molar-refractivity contribution is 14.0. The van der Waals surface area contributed by atoms with E-state index in [4.69, 9.17) is 10.3 Å². The number of aromatic nitrogens is 1. The van der Waals surface area contributed by atoms with Crippen molar-refractivity contribution in [2.24, 2.45) is 10.7 Å². The molecule has 2 heterocycles. The Morgan fingerprint density at radius 1 is 1.35 bits per heavy atom. The number of hydrogen-bond acceptors (Lipinski definition) is 3. The minimum Gasteiger partial charge on any atom is -0.370 e. The van der Waals surface area contributed by atoms with Crippen molar-refractivity contribution in [1.82, 2.24) is 10.1 Å². The van der Waals surface area contributed by atoms with Crippen LogP contribution in [0.25, 0.3) is 0 Å². The molecule has 114 valence electrons. The van der Waals surface area contributed by atoms with Gasteiger partial charge in [0.2, 0.25) is 0 Å². The Balaban J connectivity index is 0.00000200. The van der Waals surface area contributed by atoms with Gasteiger partial charge in [-0.05, 0) is 18.8 Å². The fourth-order valence-corrected chi connectivity index (χ4v) is 2.23. The van der Waals surface area contributed by atoms with Crippen LogP contribution in [0.3, 0.4) is 0 Å². The van der Waals surface area contributed by atoms with E-state index in [-0.39, 0.29) is 24.0 Å². The van der Waals surface area contributed by atoms with Crippen molar-refractivity contribution in [2.75, 3.05) is 13.1 Å². The van der Waals surface area contributed by atoms with Crippen molar-refractivity contribution in [3.05, 3.63) is 17.5 Å². The summed E-state index contributed by atoms with van der Waals surface area (Å²) in [7, 11) is 0. The molecule has 0 spiro atoms. The number of hydrogen-bond donors (Lipinski definition) is 1. The molecule has 1 aliphatic rings. The summed E-state index contributed by atoms with van der Waals surface area (Å²) in [5.74, 6) is 1.79. The van der Waals surface area contributed by atoms with Crippen LogP contribution in [0.2, 0.25) is 0 Å². The van der Waals surface area contributed by atoms with E-state index >= 15 is 0 Å². The molecule has 5 nitrogen and oxygen atoms in total. The van der Waals surface area contributed by atoms with E-state index in [0.29, 0.717) is 18.4 Å². The van der Waals surface area contributed by atoms with Crippen molar-refractivity contribution in [3.63, 3.8) is 0 Å². The molecule has 2 rings (SSSR count). The number of halogens is 1. The molecule has 1 saturated heterocycles. The first kappa shape index (κ1) is 17.3. The van der Waals surface area contributed by atoms with E-state index < -0.39 is 0 Å². The number of nitrogens with two attached hydrogens (primary N) is 1. The maximum atomic E-state index is 6.05. The smallest absolute Gasteiger partial charge is 0.191 e. The lowest BCUT2D eigenvalue weighted by Crippen LogP contribution is -2.38. The van der Waals surface area contributed by atoms with Gasteiger partial charge in [-0.3, -0.25) is 0 Å². The topological polar surface area (TPSA) is 67.7 Å². The van der Waals surface area contributed by atoms with Crippen LogP contribution >= 0.6 is 24.0 Å². The Labute approximate surface area is 138 Å². The fraction of sp³-hybridized carbons (Fsp3) is 0.714. The molecule has 0 aliphatic carbocycles. The predicted octanol–water partition coefficient (Wildman–Crippen LogP) is 3.11. The van der Waals surface area contributed by atoms with Gasteiger partial charge in [-0.2, -0.15) is 0 Å². The summed E-state index contributed by atoms with van der Waals surface area (Å²) >= 11 is 0. The number of guanidine groups is 1. The minimum atomic E-state index is 0. The number of rotatable bonds is 3. The molecule has 2 N–H and O–H groups in total. The second-order valence-electron chi connectivity index (χ2n) is 5.45. The fourth-order valence-electron chi connectivity index (χ4n) is 2.23. The minimum absolute atomic E-state index is 0. The predicted molar refractivity (Wildman–Crippen MR) is 91.4 cm³/mol. The second-order valence-corrected chi connectivity index (χ2v) is 5.45. The van der Waals surface area contributed by atoms with Crippen LogP contribution in [-0.4, -0.2) is 29.1 Å². The highest BCUT2D eigenvalue weighted by atomic mass is 127. The van der Waals surface area contributed by atoms with Crippen LogP contribution in [-0.2, 0) is 6.54 Å². The van der Waals surface area contributed by atoms with Gasteiger partial charge in [0, 0.05) is 19.2 Å². The molecule has 0 radical (unpaired) electrons. The zero-order chi connectivity index (χ0) is 13.7. The molecule has 0 amide bonds. The molecular weight excluding hydrogens is 367 g/mol. The standard InChI is InChI=1S/C14H24N4O.HI/c1-11(2)13-9-12(19-17-13)10-16-14(15)18-7-5-3-4-6-8-18;/h9,11H,3-8,10H2,1-2H3,(H2,15,16);1H. The van der Waals surface area contributed by atoms with Crippen LogP contribution in [0.1, 0.15) is 56.9 Å². The normalized spacial score (nSPS) is 16.9. The van der Waals surface area contributed by atoms with Crippen molar-refractivity contribution >= 4 is 29.9 Å². The average Bonchev–Trinajstić information content (AvgIpc) is 2.70. The molecule has 1 fully saturated rings. The Kier molecular flexibility index (Phi) is 7.32. The van der Waals surface area contributed by atoms with Crippen LogP contribution < -0.4 is 5.73 Å². The second kappa shape index (κ2) is 8.49. The van der Waals surface area contributed by atoms with E-state index in [1.807, 2.05) is 6.07 Å². The maximum Gasteiger partial charge on any atom is 0.191 e. The van der Waals surface area contributed by atoms with E-state index in [1.54, 1.807) is 0 Å². The lowest BCUT2D eigenvalue weighted by Gasteiger charge is -2.20. The molecule has 0 bridgehead atoms. The Bertz CT molecular complexity index is 423. The van der Waals surface area contributed by atoms with Gasteiger partial charge in [0.25, 0.3) is 0 Å². The molecular formula is C14H25IN4O. The molecule has 1 aromatic heterocycles. The molecule has 6 heteroatoms. The summed E-state index contributed by atoms with van der Waals surface area (Å²) in [4.78, 5) is 6.59. The summed E-state index contributed by atoms with van der Waals surface area (Å²) < 4.78 is 5.26. The first-order valence-electron chi connectivity index (χ1n) is 7.17. The van der Waals surface area contributed by atoms with E-state index in [0.717, 1.165) is 24.5 Å².